The van der Waals surface area contributed by atoms with Crippen LogP contribution in [0.1, 0.15) is 5.56 Å². The molecule has 0 unspecified atom stereocenters. The highest BCUT2D eigenvalue weighted by atomic mass is 32.2. The van der Waals surface area contributed by atoms with Crippen molar-refractivity contribution < 1.29 is 4.74 Å². The van der Waals surface area contributed by atoms with Crippen LogP contribution in [0.4, 0.5) is 0 Å². The minimum absolute atomic E-state index is 0.323. The molecule has 0 fully saturated rings. The van der Waals surface area contributed by atoms with Crippen LogP contribution in [-0.2, 0) is 12.8 Å². The van der Waals surface area contributed by atoms with Gasteiger partial charge in [0.05, 0.1) is 12.8 Å². The minimum atomic E-state index is -0.323. The van der Waals surface area contributed by atoms with Crippen molar-refractivity contribution in [3.05, 3.63) is 46.5 Å². The van der Waals surface area contributed by atoms with Crippen LogP contribution in [0.3, 0.4) is 0 Å². The molecule has 0 atom stereocenters. The third kappa shape index (κ3) is 2.93. The molecule has 0 aliphatic heterocycles. The van der Waals surface area contributed by atoms with Gasteiger partial charge in [0, 0.05) is 24.6 Å². The van der Waals surface area contributed by atoms with E-state index in [9.17, 15) is 4.79 Å². The summed E-state index contributed by atoms with van der Waals surface area (Å²) in [6.07, 6.45) is 1.67. The lowest BCUT2D eigenvalue weighted by Gasteiger charge is -2.12. The van der Waals surface area contributed by atoms with E-state index in [0.29, 0.717) is 17.2 Å². The molecular formula is C13H15N7O2S. The van der Waals surface area contributed by atoms with Crippen LogP contribution in [-0.4, -0.2) is 36.8 Å². The Morgan fingerprint density at radius 3 is 2.74 bits per heavy atom. The molecule has 0 aliphatic rings. The SMILES string of the molecule is COc1cccc(-n2nnn(C)c2=O)c1CSc1ccn(N)n1. The Morgan fingerprint density at radius 1 is 1.30 bits per heavy atom. The molecule has 0 bridgehead atoms. The summed E-state index contributed by atoms with van der Waals surface area (Å²) in [5, 5.41) is 12.5. The van der Waals surface area contributed by atoms with Crippen molar-refractivity contribution in [3.8, 4) is 11.4 Å². The smallest absolute Gasteiger partial charge is 0.368 e. The van der Waals surface area contributed by atoms with E-state index in [4.69, 9.17) is 10.6 Å². The van der Waals surface area contributed by atoms with Crippen LogP contribution in [0, 0.1) is 0 Å². The highest BCUT2D eigenvalue weighted by molar-refractivity contribution is 7.98. The van der Waals surface area contributed by atoms with Crippen LogP contribution in [0.25, 0.3) is 5.69 Å². The van der Waals surface area contributed by atoms with Gasteiger partial charge in [0.1, 0.15) is 10.8 Å². The van der Waals surface area contributed by atoms with Crippen molar-refractivity contribution in [3.63, 3.8) is 0 Å². The number of hydrogen-bond acceptors (Lipinski definition) is 7. The van der Waals surface area contributed by atoms with Gasteiger partial charge in [-0.15, -0.1) is 5.10 Å². The molecule has 2 aromatic heterocycles. The van der Waals surface area contributed by atoms with Crippen LogP contribution in [0.5, 0.6) is 5.75 Å². The first-order chi connectivity index (χ1) is 11.1. The molecule has 23 heavy (non-hydrogen) atoms. The van der Waals surface area contributed by atoms with Gasteiger partial charge < -0.3 is 10.6 Å². The van der Waals surface area contributed by atoms with Crippen LogP contribution < -0.4 is 16.3 Å². The number of aromatic nitrogens is 6. The molecule has 0 saturated carbocycles. The molecule has 1 aromatic carbocycles. The third-order valence-electron chi connectivity index (χ3n) is 3.23. The van der Waals surface area contributed by atoms with Crippen molar-refractivity contribution >= 4 is 11.8 Å². The van der Waals surface area contributed by atoms with E-state index in [2.05, 4.69) is 15.5 Å². The van der Waals surface area contributed by atoms with E-state index >= 15 is 0 Å². The van der Waals surface area contributed by atoms with Crippen molar-refractivity contribution in [1.29, 1.82) is 0 Å². The summed E-state index contributed by atoms with van der Waals surface area (Å²) < 4.78 is 7.84. The maximum Gasteiger partial charge on any atom is 0.368 e. The van der Waals surface area contributed by atoms with Crippen LogP contribution in [0.15, 0.2) is 40.3 Å². The average molecular weight is 333 g/mol. The second-order valence-corrected chi connectivity index (χ2v) is 5.67. The molecule has 0 amide bonds. The zero-order valence-electron chi connectivity index (χ0n) is 12.6. The van der Waals surface area contributed by atoms with Crippen molar-refractivity contribution in [2.45, 2.75) is 10.8 Å². The molecule has 2 N–H and O–H groups in total. The molecule has 120 valence electrons. The van der Waals surface area contributed by atoms with E-state index in [1.54, 1.807) is 32.5 Å². The van der Waals surface area contributed by atoms with Crippen molar-refractivity contribution in [2.75, 3.05) is 13.0 Å². The number of tetrazole rings is 1. The van der Waals surface area contributed by atoms with Gasteiger partial charge in [-0.2, -0.15) is 14.2 Å². The number of nitrogen functional groups attached to an aromatic ring is 1. The number of hydrogen-bond donors (Lipinski definition) is 1. The first kappa shape index (κ1) is 15.2. The Labute approximate surface area is 135 Å². The second kappa shape index (κ2) is 6.16. The predicted octanol–water partition coefficient (Wildman–Crippen LogP) is 0.177. The monoisotopic (exact) mass is 333 g/mol. The third-order valence-corrected chi connectivity index (χ3v) is 4.17. The van der Waals surface area contributed by atoms with E-state index in [1.807, 2.05) is 12.1 Å². The molecular weight excluding hydrogens is 318 g/mol. The summed E-state index contributed by atoms with van der Waals surface area (Å²) >= 11 is 1.48. The van der Waals surface area contributed by atoms with Gasteiger partial charge >= 0.3 is 5.69 Å². The second-order valence-electron chi connectivity index (χ2n) is 4.68. The first-order valence-corrected chi connectivity index (χ1v) is 7.67. The Kier molecular flexibility index (Phi) is 4.06. The van der Waals surface area contributed by atoms with E-state index in [-0.39, 0.29) is 5.69 Å². The van der Waals surface area contributed by atoms with Gasteiger partial charge in [0.25, 0.3) is 0 Å². The van der Waals surface area contributed by atoms with E-state index < -0.39 is 0 Å². The zero-order chi connectivity index (χ0) is 16.4. The summed E-state index contributed by atoms with van der Waals surface area (Å²) in [6, 6.07) is 7.25. The van der Waals surface area contributed by atoms with E-state index in [0.717, 1.165) is 10.6 Å². The Balaban J connectivity index is 2.00. The number of nitrogens with zero attached hydrogens (tertiary/aromatic N) is 6. The number of rotatable bonds is 5. The largest absolute Gasteiger partial charge is 0.496 e. The topological polar surface area (TPSA) is 106 Å². The molecule has 3 aromatic rings. The van der Waals surface area contributed by atoms with Gasteiger partial charge in [-0.3, -0.25) is 0 Å². The number of aryl methyl sites for hydroxylation is 1. The van der Waals surface area contributed by atoms with Crippen LogP contribution in [0.2, 0.25) is 0 Å². The van der Waals surface area contributed by atoms with Crippen LogP contribution >= 0.6 is 11.8 Å². The predicted molar refractivity (Wildman–Crippen MR) is 85.1 cm³/mol. The summed E-state index contributed by atoms with van der Waals surface area (Å²) in [5.41, 5.74) is 1.13. The van der Waals surface area contributed by atoms with E-state index in [1.165, 1.54) is 25.9 Å². The fourth-order valence-electron chi connectivity index (χ4n) is 2.10. The van der Waals surface area contributed by atoms with Gasteiger partial charge in [-0.1, -0.05) is 17.8 Å². The highest BCUT2D eigenvalue weighted by Crippen LogP contribution is 2.30. The van der Waals surface area contributed by atoms with Gasteiger partial charge in [-0.25, -0.2) is 4.79 Å². The Bertz CT molecular complexity index is 883. The Morgan fingerprint density at radius 2 is 2.13 bits per heavy atom. The highest BCUT2D eigenvalue weighted by Gasteiger charge is 2.15. The number of ether oxygens (including phenoxy) is 1. The molecule has 3 rings (SSSR count). The molecule has 2 heterocycles. The maximum absolute atomic E-state index is 12.1. The van der Waals surface area contributed by atoms with Gasteiger partial charge in [0.2, 0.25) is 0 Å². The fraction of sp³-hybridized carbons (Fsp3) is 0.231. The maximum atomic E-state index is 12.1. The average Bonchev–Trinajstić information content (AvgIpc) is 3.11. The molecule has 9 nitrogen and oxygen atoms in total. The summed E-state index contributed by atoms with van der Waals surface area (Å²) in [6.45, 7) is 0. The van der Waals surface area contributed by atoms with Crippen molar-refractivity contribution in [1.82, 2.24) is 29.7 Å². The molecule has 10 heteroatoms. The lowest BCUT2D eigenvalue weighted by atomic mass is 10.2. The lowest BCUT2D eigenvalue weighted by Crippen LogP contribution is -2.22. The number of thioether (sulfide) groups is 1. The molecule has 0 spiro atoms. The molecule has 0 radical (unpaired) electrons. The minimum Gasteiger partial charge on any atom is -0.496 e. The summed E-state index contributed by atoms with van der Waals surface area (Å²) in [7, 11) is 3.13. The quantitative estimate of drug-likeness (QED) is 0.524. The first-order valence-electron chi connectivity index (χ1n) is 6.69. The van der Waals surface area contributed by atoms with Crippen molar-refractivity contribution in [2.24, 2.45) is 7.05 Å². The van der Waals surface area contributed by atoms with Gasteiger partial charge in [0.15, 0.2) is 0 Å². The molecule has 0 aliphatic carbocycles. The summed E-state index contributed by atoms with van der Waals surface area (Å²) in [4.78, 5) is 13.4. The summed E-state index contributed by atoms with van der Waals surface area (Å²) in [5.74, 6) is 6.76. The fourth-order valence-corrected chi connectivity index (χ4v) is 2.99. The standard InChI is InChI=1S/C13H15N7O2S/c1-18-13(21)20(17-16-18)10-4-3-5-11(22-2)9(10)8-23-12-6-7-19(14)15-12/h3-7H,8,14H2,1-2H3. The number of benzene rings is 1. The number of nitrogens with two attached hydrogens (primary N) is 1. The van der Waals surface area contributed by atoms with Gasteiger partial charge in [-0.05, 0) is 28.6 Å². The number of methoxy groups -OCH3 is 1. The Hall–Kier alpha value is -2.75. The lowest BCUT2D eigenvalue weighted by molar-refractivity contribution is 0.411. The molecule has 0 saturated heterocycles. The zero-order valence-corrected chi connectivity index (χ0v) is 13.4. The normalized spacial score (nSPS) is 10.9.